The molecule has 1 unspecified atom stereocenters. The summed E-state index contributed by atoms with van der Waals surface area (Å²) in [5.41, 5.74) is 2.31. The predicted molar refractivity (Wildman–Crippen MR) is 119 cm³/mol. The van der Waals surface area contributed by atoms with Crippen molar-refractivity contribution in [3.05, 3.63) is 53.3 Å². The number of hydrogen-bond donors (Lipinski definition) is 0. The smallest absolute Gasteiger partial charge is 0.223 e. The molecule has 160 valence electrons. The minimum absolute atomic E-state index is 0.115. The summed E-state index contributed by atoms with van der Waals surface area (Å²) in [4.78, 5) is 23.6. The van der Waals surface area contributed by atoms with Crippen LogP contribution in [0.3, 0.4) is 0 Å². The minimum atomic E-state index is 0.115. The number of pyridine rings is 1. The largest absolute Gasteiger partial charge is 0.489 e. The van der Waals surface area contributed by atoms with Crippen molar-refractivity contribution in [3.8, 4) is 5.75 Å². The lowest BCUT2D eigenvalue weighted by atomic mass is 10.2. The van der Waals surface area contributed by atoms with Crippen molar-refractivity contribution >= 4 is 23.2 Å². The van der Waals surface area contributed by atoms with E-state index >= 15 is 0 Å². The monoisotopic (exact) mass is 428 g/mol. The van der Waals surface area contributed by atoms with Gasteiger partial charge in [-0.15, -0.1) is 0 Å². The molecule has 1 amide bonds. The Morgan fingerprint density at radius 3 is 2.67 bits per heavy atom. The Balaban J connectivity index is 1.30. The Kier molecular flexibility index (Phi) is 6.75. The van der Waals surface area contributed by atoms with E-state index in [0.717, 1.165) is 63.5 Å². The van der Waals surface area contributed by atoms with Gasteiger partial charge in [-0.2, -0.15) is 0 Å². The predicted octanol–water partition coefficient (Wildman–Crippen LogP) is 3.45. The van der Waals surface area contributed by atoms with Crippen molar-refractivity contribution in [2.45, 2.75) is 32.4 Å². The van der Waals surface area contributed by atoms with Crippen LogP contribution in [0, 0.1) is 0 Å². The number of carbonyl (C=O) groups excluding carboxylic acids is 1. The maximum absolute atomic E-state index is 12.8. The number of anilines is 1. The van der Waals surface area contributed by atoms with Crippen molar-refractivity contribution in [2.24, 2.45) is 0 Å². The number of aromatic nitrogens is 1. The van der Waals surface area contributed by atoms with Crippen molar-refractivity contribution in [1.82, 2.24) is 14.8 Å². The lowest BCUT2D eigenvalue weighted by Gasteiger charge is -2.36. The molecule has 1 aromatic carbocycles. The Bertz CT molecular complexity index is 856. The van der Waals surface area contributed by atoms with E-state index in [1.165, 1.54) is 5.69 Å². The molecule has 30 heavy (non-hydrogen) atoms. The van der Waals surface area contributed by atoms with Crippen molar-refractivity contribution in [3.63, 3.8) is 0 Å². The van der Waals surface area contributed by atoms with Crippen LogP contribution in [0.4, 0.5) is 5.69 Å². The van der Waals surface area contributed by atoms with Crippen LogP contribution in [0.1, 0.15) is 25.3 Å². The van der Waals surface area contributed by atoms with Crippen LogP contribution >= 0.6 is 11.6 Å². The zero-order valence-corrected chi connectivity index (χ0v) is 18.2. The molecule has 0 radical (unpaired) electrons. The third kappa shape index (κ3) is 5.05. The molecule has 0 spiro atoms. The molecule has 0 saturated carbocycles. The summed E-state index contributed by atoms with van der Waals surface area (Å²) in [6, 6.07) is 9.88. The fourth-order valence-corrected chi connectivity index (χ4v) is 4.30. The summed E-state index contributed by atoms with van der Waals surface area (Å²) in [6.45, 7) is 7.74. The summed E-state index contributed by atoms with van der Waals surface area (Å²) in [6.07, 6.45) is 5.20. The molecule has 0 N–H and O–H groups in total. The van der Waals surface area contributed by atoms with E-state index in [4.69, 9.17) is 16.3 Å². The van der Waals surface area contributed by atoms with Gasteiger partial charge in [0.25, 0.3) is 0 Å². The summed E-state index contributed by atoms with van der Waals surface area (Å²) in [7, 11) is 0. The van der Waals surface area contributed by atoms with Gasteiger partial charge in [0.1, 0.15) is 11.9 Å². The van der Waals surface area contributed by atoms with Crippen LogP contribution in [-0.2, 0) is 11.3 Å². The molecule has 1 aromatic heterocycles. The summed E-state index contributed by atoms with van der Waals surface area (Å²) >= 11 is 6.15. The van der Waals surface area contributed by atoms with Gasteiger partial charge in [0, 0.05) is 80.9 Å². The van der Waals surface area contributed by atoms with Gasteiger partial charge < -0.3 is 14.5 Å². The number of hydrogen-bond acceptors (Lipinski definition) is 5. The molecule has 0 aliphatic carbocycles. The van der Waals surface area contributed by atoms with Gasteiger partial charge in [-0.05, 0) is 30.7 Å². The van der Waals surface area contributed by atoms with Crippen LogP contribution in [-0.4, -0.2) is 66.1 Å². The highest BCUT2D eigenvalue weighted by molar-refractivity contribution is 6.30. The fraction of sp³-hybridized carbons (Fsp3) is 0.478. The normalized spacial score (nSPS) is 19.7. The number of rotatable bonds is 5. The Hall–Kier alpha value is -2.31. The van der Waals surface area contributed by atoms with Crippen LogP contribution in [0.25, 0.3) is 0 Å². The van der Waals surface area contributed by atoms with E-state index < -0.39 is 0 Å². The first-order valence-electron chi connectivity index (χ1n) is 10.7. The SMILES string of the molecule is CCC1CN(CCC(=O)N2CCN(c3ccncc3)CC2)Cc2ccc(Cl)cc2O1. The Labute approximate surface area is 183 Å². The van der Waals surface area contributed by atoms with E-state index in [1.807, 2.05) is 47.6 Å². The van der Waals surface area contributed by atoms with E-state index in [-0.39, 0.29) is 12.0 Å². The summed E-state index contributed by atoms with van der Waals surface area (Å²) in [5, 5.41) is 0.693. The first kappa shape index (κ1) is 20.9. The van der Waals surface area contributed by atoms with Crippen LogP contribution in [0.2, 0.25) is 5.02 Å². The van der Waals surface area contributed by atoms with Gasteiger partial charge in [0.15, 0.2) is 0 Å². The van der Waals surface area contributed by atoms with Crippen LogP contribution < -0.4 is 9.64 Å². The second-order valence-electron chi connectivity index (χ2n) is 7.96. The molecule has 3 heterocycles. The standard InChI is InChI=1S/C23H29ClN4O2/c1-2-21-17-26(16-18-3-4-19(24)15-22(18)30-21)10-7-23(29)28-13-11-27(12-14-28)20-5-8-25-9-6-20/h3-6,8-9,15,21H,2,7,10-14,16-17H2,1H3. The van der Waals surface area contributed by atoms with Crippen LogP contribution in [0.5, 0.6) is 5.75 Å². The maximum atomic E-state index is 12.8. The van der Waals surface area contributed by atoms with Crippen molar-refractivity contribution in [1.29, 1.82) is 0 Å². The Morgan fingerprint density at radius 2 is 1.93 bits per heavy atom. The molecule has 2 aromatic rings. The lowest BCUT2D eigenvalue weighted by molar-refractivity contribution is -0.131. The zero-order valence-electron chi connectivity index (χ0n) is 17.5. The lowest BCUT2D eigenvalue weighted by Crippen LogP contribution is -2.49. The van der Waals surface area contributed by atoms with Gasteiger partial charge >= 0.3 is 0 Å². The van der Waals surface area contributed by atoms with Crippen molar-refractivity contribution in [2.75, 3.05) is 44.2 Å². The highest BCUT2D eigenvalue weighted by Crippen LogP contribution is 2.29. The molecule has 7 heteroatoms. The number of benzene rings is 1. The first-order chi connectivity index (χ1) is 14.6. The summed E-state index contributed by atoms with van der Waals surface area (Å²) < 4.78 is 6.16. The highest BCUT2D eigenvalue weighted by Gasteiger charge is 2.25. The van der Waals surface area contributed by atoms with E-state index in [1.54, 1.807) is 0 Å². The molecular weight excluding hydrogens is 400 g/mol. The first-order valence-corrected chi connectivity index (χ1v) is 11.1. The molecule has 4 rings (SSSR count). The quantitative estimate of drug-likeness (QED) is 0.730. The second kappa shape index (κ2) is 9.67. The number of piperazine rings is 1. The number of nitrogens with zero attached hydrogens (tertiary/aromatic N) is 4. The molecule has 2 aliphatic rings. The molecule has 1 fully saturated rings. The number of ether oxygens (including phenoxy) is 1. The maximum Gasteiger partial charge on any atom is 0.223 e. The Morgan fingerprint density at radius 1 is 1.17 bits per heavy atom. The van der Waals surface area contributed by atoms with Crippen molar-refractivity contribution < 1.29 is 9.53 Å². The van der Waals surface area contributed by atoms with Crippen LogP contribution in [0.15, 0.2) is 42.7 Å². The number of carbonyl (C=O) groups is 1. The topological polar surface area (TPSA) is 48.9 Å². The average Bonchev–Trinajstić information content (AvgIpc) is 2.96. The van der Waals surface area contributed by atoms with E-state index in [2.05, 4.69) is 21.7 Å². The average molecular weight is 429 g/mol. The second-order valence-corrected chi connectivity index (χ2v) is 8.39. The highest BCUT2D eigenvalue weighted by atomic mass is 35.5. The number of halogens is 1. The zero-order chi connectivity index (χ0) is 20.9. The third-order valence-electron chi connectivity index (χ3n) is 5.94. The molecule has 1 saturated heterocycles. The fourth-order valence-electron chi connectivity index (χ4n) is 4.14. The minimum Gasteiger partial charge on any atom is -0.489 e. The molecule has 6 nitrogen and oxygen atoms in total. The molecule has 1 atom stereocenters. The molecular formula is C23H29ClN4O2. The van der Waals surface area contributed by atoms with Gasteiger partial charge in [-0.1, -0.05) is 24.6 Å². The van der Waals surface area contributed by atoms with Gasteiger partial charge in [0.05, 0.1) is 0 Å². The number of fused-ring (bicyclic) bond motifs is 1. The molecule has 2 aliphatic heterocycles. The van der Waals surface area contributed by atoms with Gasteiger partial charge in [0.2, 0.25) is 5.91 Å². The summed E-state index contributed by atoms with van der Waals surface area (Å²) in [5.74, 6) is 1.11. The van der Waals surface area contributed by atoms with Gasteiger partial charge in [-0.3, -0.25) is 14.7 Å². The van der Waals surface area contributed by atoms with E-state index in [9.17, 15) is 4.79 Å². The van der Waals surface area contributed by atoms with Gasteiger partial charge in [-0.25, -0.2) is 0 Å². The third-order valence-corrected chi connectivity index (χ3v) is 6.17. The molecule has 0 bridgehead atoms. The number of amides is 1. The van der Waals surface area contributed by atoms with E-state index in [0.29, 0.717) is 11.4 Å².